The molecule has 31 heavy (non-hydrogen) atoms. The third kappa shape index (κ3) is 3.72. The Balaban J connectivity index is 1.63. The molecule has 0 aliphatic rings. The monoisotopic (exact) mass is 420 g/mol. The minimum atomic E-state index is -0.639. The molecule has 0 bridgehead atoms. The Labute approximate surface area is 174 Å². The van der Waals surface area contributed by atoms with Gasteiger partial charge in [0.05, 0.1) is 5.70 Å². The van der Waals surface area contributed by atoms with Gasteiger partial charge in [-0.2, -0.15) is 4.68 Å². The Hall–Kier alpha value is -4.87. The predicted octanol–water partition coefficient (Wildman–Crippen LogP) is 1.22. The number of carbonyl (C=O) groups is 1. The molecule has 1 amide bonds. The fourth-order valence-electron chi connectivity index (χ4n) is 2.81. The third-order valence-electron chi connectivity index (χ3n) is 4.26. The van der Waals surface area contributed by atoms with Crippen molar-refractivity contribution in [1.29, 1.82) is 0 Å². The van der Waals surface area contributed by atoms with Crippen LogP contribution in [0, 0.1) is 0 Å². The Kier molecular flexibility index (Phi) is 4.93. The molecule has 156 valence electrons. The Morgan fingerprint density at radius 1 is 1.10 bits per heavy atom. The zero-order valence-corrected chi connectivity index (χ0v) is 15.9. The number of hydrazine groups is 1. The predicted molar refractivity (Wildman–Crippen MR) is 108 cm³/mol. The van der Waals surface area contributed by atoms with Crippen LogP contribution in [0.5, 0.6) is 11.5 Å². The van der Waals surface area contributed by atoms with Crippen molar-refractivity contribution in [3.8, 4) is 28.6 Å². The lowest BCUT2D eigenvalue weighted by atomic mass is 10.1. The zero-order chi connectivity index (χ0) is 22.0. The van der Waals surface area contributed by atoms with E-state index in [0.717, 1.165) is 6.07 Å². The highest BCUT2D eigenvalue weighted by molar-refractivity contribution is 5.98. The summed E-state index contributed by atoms with van der Waals surface area (Å²) in [5, 5.41) is 34.5. The second kappa shape index (κ2) is 7.87. The third-order valence-corrected chi connectivity index (χ3v) is 4.26. The van der Waals surface area contributed by atoms with Gasteiger partial charge in [-0.25, -0.2) is 4.63 Å². The van der Waals surface area contributed by atoms with Crippen LogP contribution in [0.4, 0.5) is 5.82 Å². The molecule has 12 heteroatoms. The molecule has 0 atom stereocenters. The molecule has 2 aromatic carbocycles. The standard InChI is InChI=1S/C19H16N8O4/c1-10(13-8-7-12(28)9-14(13)29)21-23-19(30)15-16(11-5-3-2-4-6-11)27(26-22-15)18-17(20)24-31-25-18/h2-9,21,28-29H,1H2,(H2,20,24)(H,23,30). The number of nitrogen functional groups attached to an aromatic ring is 1. The first-order valence-electron chi connectivity index (χ1n) is 8.83. The number of phenols is 2. The molecule has 2 aromatic heterocycles. The minimum absolute atomic E-state index is 0.0247. The number of aromatic hydroxyl groups is 2. The molecule has 0 aliphatic carbocycles. The quantitative estimate of drug-likeness (QED) is 0.285. The number of nitrogens with zero attached hydrogens (tertiary/aromatic N) is 5. The normalized spacial score (nSPS) is 10.6. The van der Waals surface area contributed by atoms with Crippen molar-refractivity contribution >= 4 is 17.4 Å². The van der Waals surface area contributed by atoms with E-state index in [1.54, 1.807) is 24.3 Å². The van der Waals surface area contributed by atoms with Gasteiger partial charge in [0.15, 0.2) is 5.69 Å². The number of phenolic OH excluding ortho intramolecular Hbond substituents is 2. The average Bonchev–Trinajstić information content (AvgIpc) is 3.38. The van der Waals surface area contributed by atoms with Crippen LogP contribution in [-0.4, -0.2) is 41.4 Å². The van der Waals surface area contributed by atoms with Crippen LogP contribution in [0.3, 0.4) is 0 Å². The molecule has 12 nitrogen and oxygen atoms in total. The summed E-state index contributed by atoms with van der Waals surface area (Å²) in [6.45, 7) is 3.76. The SMILES string of the molecule is C=C(NNC(=O)c1nnn(-c2nonc2N)c1-c1ccccc1)c1ccc(O)cc1O. The number of aromatic nitrogens is 5. The smallest absolute Gasteiger partial charge is 0.292 e. The molecule has 0 radical (unpaired) electrons. The molecule has 0 aliphatic heterocycles. The number of amides is 1. The highest BCUT2D eigenvalue weighted by atomic mass is 16.6. The van der Waals surface area contributed by atoms with Crippen molar-refractivity contribution in [2.45, 2.75) is 0 Å². The van der Waals surface area contributed by atoms with Crippen LogP contribution >= 0.6 is 0 Å². The van der Waals surface area contributed by atoms with E-state index in [2.05, 4.69) is 42.7 Å². The summed E-state index contributed by atoms with van der Waals surface area (Å²) >= 11 is 0. The number of hydrogen-bond donors (Lipinski definition) is 5. The second-order valence-corrected chi connectivity index (χ2v) is 6.30. The summed E-state index contributed by atoms with van der Waals surface area (Å²) in [5.41, 5.74) is 12.2. The van der Waals surface area contributed by atoms with E-state index < -0.39 is 5.91 Å². The molecule has 2 heterocycles. The average molecular weight is 420 g/mol. The molecule has 0 saturated heterocycles. The van der Waals surface area contributed by atoms with Gasteiger partial charge >= 0.3 is 0 Å². The first-order valence-corrected chi connectivity index (χ1v) is 8.83. The van der Waals surface area contributed by atoms with Gasteiger partial charge in [0, 0.05) is 17.2 Å². The number of nitrogens with one attached hydrogen (secondary N) is 2. The maximum absolute atomic E-state index is 12.9. The summed E-state index contributed by atoms with van der Waals surface area (Å²) in [7, 11) is 0. The zero-order valence-electron chi connectivity index (χ0n) is 15.9. The highest BCUT2D eigenvalue weighted by Gasteiger charge is 2.25. The van der Waals surface area contributed by atoms with E-state index in [0.29, 0.717) is 11.3 Å². The lowest BCUT2D eigenvalue weighted by Crippen LogP contribution is -2.36. The topological polar surface area (TPSA) is 177 Å². The van der Waals surface area contributed by atoms with Crippen LogP contribution in [0.25, 0.3) is 22.8 Å². The summed E-state index contributed by atoms with van der Waals surface area (Å²) < 4.78 is 5.87. The molecule has 6 N–H and O–H groups in total. The fraction of sp³-hybridized carbons (Fsp3) is 0. The van der Waals surface area contributed by atoms with Gasteiger partial charge in [0.2, 0.25) is 11.6 Å². The number of carbonyl (C=O) groups excluding carboxylic acids is 1. The van der Waals surface area contributed by atoms with Gasteiger partial charge in [0.1, 0.15) is 17.2 Å². The lowest BCUT2D eigenvalue weighted by molar-refractivity contribution is 0.0938. The largest absolute Gasteiger partial charge is 0.508 e. The van der Waals surface area contributed by atoms with Crippen molar-refractivity contribution in [2.24, 2.45) is 0 Å². The summed E-state index contributed by atoms with van der Waals surface area (Å²) in [6.07, 6.45) is 0. The van der Waals surface area contributed by atoms with E-state index in [1.165, 1.54) is 16.8 Å². The van der Waals surface area contributed by atoms with Crippen molar-refractivity contribution in [3.05, 3.63) is 66.4 Å². The Morgan fingerprint density at radius 3 is 2.55 bits per heavy atom. The van der Waals surface area contributed by atoms with Gasteiger partial charge in [-0.3, -0.25) is 15.6 Å². The number of rotatable bonds is 6. The van der Waals surface area contributed by atoms with E-state index in [9.17, 15) is 15.0 Å². The lowest BCUT2D eigenvalue weighted by Gasteiger charge is -2.12. The van der Waals surface area contributed by atoms with Crippen LogP contribution in [0.2, 0.25) is 0 Å². The number of anilines is 1. The van der Waals surface area contributed by atoms with Crippen LogP contribution in [0.1, 0.15) is 16.1 Å². The van der Waals surface area contributed by atoms with Gasteiger partial charge < -0.3 is 15.9 Å². The van der Waals surface area contributed by atoms with Gasteiger partial charge in [-0.1, -0.05) is 42.1 Å². The second-order valence-electron chi connectivity index (χ2n) is 6.30. The minimum Gasteiger partial charge on any atom is -0.508 e. The van der Waals surface area contributed by atoms with Crippen LogP contribution in [0.15, 0.2) is 59.7 Å². The van der Waals surface area contributed by atoms with E-state index in [-0.39, 0.29) is 40.1 Å². The van der Waals surface area contributed by atoms with Crippen molar-refractivity contribution < 1.29 is 19.6 Å². The van der Waals surface area contributed by atoms with Crippen LogP contribution < -0.4 is 16.6 Å². The molecule has 4 rings (SSSR count). The first kappa shape index (κ1) is 19.4. The fourth-order valence-corrected chi connectivity index (χ4v) is 2.81. The van der Waals surface area contributed by atoms with E-state index >= 15 is 0 Å². The van der Waals surface area contributed by atoms with Gasteiger partial charge in [-0.05, 0) is 22.4 Å². The summed E-state index contributed by atoms with van der Waals surface area (Å²) in [5.74, 6) is -0.903. The van der Waals surface area contributed by atoms with E-state index in [4.69, 9.17) is 5.73 Å². The maximum atomic E-state index is 12.9. The van der Waals surface area contributed by atoms with Crippen molar-refractivity contribution in [2.75, 3.05) is 5.73 Å². The first-order chi connectivity index (χ1) is 15.0. The molecule has 0 saturated carbocycles. The van der Waals surface area contributed by atoms with Crippen molar-refractivity contribution in [3.63, 3.8) is 0 Å². The maximum Gasteiger partial charge on any atom is 0.292 e. The van der Waals surface area contributed by atoms with Gasteiger partial charge in [0.25, 0.3) is 5.91 Å². The van der Waals surface area contributed by atoms with Gasteiger partial charge in [-0.15, -0.1) is 5.10 Å². The molecule has 0 spiro atoms. The number of benzene rings is 2. The van der Waals surface area contributed by atoms with Crippen LogP contribution in [-0.2, 0) is 0 Å². The molecular formula is C19H16N8O4. The highest BCUT2D eigenvalue weighted by Crippen LogP contribution is 2.27. The number of nitrogens with two attached hydrogens (primary N) is 1. The molecule has 4 aromatic rings. The molecule has 0 fully saturated rings. The number of hydrogen-bond acceptors (Lipinski definition) is 10. The summed E-state index contributed by atoms with van der Waals surface area (Å²) in [4.78, 5) is 12.9. The van der Waals surface area contributed by atoms with Crippen molar-refractivity contribution in [1.82, 2.24) is 36.2 Å². The summed E-state index contributed by atoms with van der Waals surface area (Å²) in [6, 6.07) is 12.9. The Morgan fingerprint density at radius 2 is 1.87 bits per heavy atom. The molecule has 0 unspecified atom stereocenters. The molecular weight excluding hydrogens is 404 g/mol. The van der Waals surface area contributed by atoms with E-state index in [1.807, 2.05) is 6.07 Å². The Bertz CT molecular complexity index is 1270.